The maximum Gasteiger partial charge on any atom is 0.261 e. The van der Waals surface area contributed by atoms with E-state index in [1.807, 2.05) is 54.6 Å². The number of rotatable bonds is 7. The van der Waals surface area contributed by atoms with E-state index < -0.39 is 0 Å². The number of carbonyl (C=O) groups excluding carboxylic acids is 1. The zero-order valence-corrected chi connectivity index (χ0v) is 16.8. The molecule has 0 aliphatic carbocycles. The molecule has 0 spiro atoms. The Morgan fingerprint density at radius 3 is 2.60 bits per heavy atom. The number of hydrogen-bond donors (Lipinski definition) is 1. The van der Waals surface area contributed by atoms with Gasteiger partial charge in [-0.1, -0.05) is 48.5 Å². The van der Waals surface area contributed by atoms with Gasteiger partial charge in [0.1, 0.15) is 11.6 Å². The number of amides is 1. The smallest absolute Gasteiger partial charge is 0.261 e. The van der Waals surface area contributed by atoms with E-state index in [2.05, 4.69) is 10.3 Å². The molecule has 6 nitrogen and oxygen atoms in total. The van der Waals surface area contributed by atoms with Crippen molar-refractivity contribution in [3.8, 4) is 5.75 Å². The molecular weight excluding hydrogens is 378 g/mol. The molecule has 0 aliphatic heterocycles. The Kier molecular flexibility index (Phi) is 5.75. The van der Waals surface area contributed by atoms with Crippen LogP contribution in [-0.4, -0.2) is 22.1 Å². The van der Waals surface area contributed by atoms with Crippen molar-refractivity contribution in [2.45, 2.75) is 19.4 Å². The lowest BCUT2D eigenvalue weighted by molar-refractivity contribution is -0.121. The Balaban J connectivity index is 1.30. The summed E-state index contributed by atoms with van der Waals surface area (Å²) in [4.78, 5) is 29.1. The van der Waals surface area contributed by atoms with E-state index in [1.54, 1.807) is 19.2 Å². The van der Waals surface area contributed by atoms with E-state index >= 15 is 0 Å². The van der Waals surface area contributed by atoms with Gasteiger partial charge in [0.25, 0.3) is 5.56 Å². The lowest BCUT2D eigenvalue weighted by atomic mass is 10.1. The molecule has 0 bridgehead atoms. The minimum Gasteiger partial charge on any atom is -0.493 e. The van der Waals surface area contributed by atoms with Crippen molar-refractivity contribution in [3.63, 3.8) is 0 Å². The van der Waals surface area contributed by atoms with Crippen LogP contribution in [0.25, 0.3) is 21.7 Å². The number of carbonyl (C=O) groups is 1. The number of nitrogens with zero attached hydrogens (tertiary/aromatic N) is 2. The third kappa shape index (κ3) is 4.17. The normalized spacial score (nSPS) is 11.0. The lowest BCUT2D eigenvalue weighted by Gasteiger charge is -2.11. The maximum atomic E-state index is 12.4. The van der Waals surface area contributed by atoms with E-state index in [4.69, 9.17) is 4.74 Å². The number of aromatic nitrogens is 2. The van der Waals surface area contributed by atoms with Crippen LogP contribution in [0.3, 0.4) is 0 Å². The second-order valence-corrected chi connectivity index (χ2v) is 7.12. The van der Waals surface area contributed by atoms with E-state index in [0.717, 1.165) is 16.5 Å². The number of para-hydroxylation sites is 1. The molecule has 4 rings (SSSR count). The second kappa shape index (κ2) is 8.78. The topological polar surface area (TPSA) is 73.2 Å². The summed E-state index contributed by atoms with van der Waals surface area (Å²) in [6, 6.07) is 21.2. The third-order valence-electron chi connectivity index (χ3n) is 5.07. The van der Waals surface area contributed by atoms with Gasteiger partial charge in [-0.15, -0.1) is 0 Å². The number of ether oxygens (including phenoxy) is 1. The van der Waals surface area contributed by atoms with Crippen molar-refractivity contribution < 1.29 is 9.53 Å². The molecular formula is C24H23N3O3. The molecule has 1 aromatic heterocycles. The summed E-state index contributed by atoms with van der Waals surface area (Å²) in [6.45, 7) is 0.660. The van der Waals surface area contributed by atoms with Crippen LogP contribution in [0.5, 0.6) is 5.75 Å². The molecule has 0 fully saturated rings. The molecule has 3 aromatic carbocycles. The molecule has 0 atom stereocenters. The summed E-state index contributed by atoms with van der Waals surface area (Å²) in [5.74, 6) is 1.25. The first-order valence-electron chi connectivity index (χ1n) is 9.95. The monoisotopic (exact) mass is 401 g/mol. The summed E-state index contributed by atoms with van der Waals surface area (Å²) in [6.07, 6.45) is 0.936. The Bertz CT molecular complexity index is 1260. The van der Waals surface area contributed by atoms with Gasteiger partial charge in [0.05, 0.1) is 24.1 Å². The highest BCUT2D eigenvalue weighted by Gasteiger charge is 2.09. The quantitative estimate of drug-likeness (QED) is 0.481. The molecule has 0 saturated carbocycles. The zero-order chi connectivity index (χ0) is 20.9. The number of nitrogens with one attached hydrogen (secondary N) is 1. The van der Waals surface area contributed by atoms with Crippen LogP contribution in [0, 0.1) is 0 Å². The summed E-state index contributed by atoms with van der Waals surface area (Å²) >= 11 is 0. The number of hydrogen-bond acceptors (Lipinski definition) is 4. The molecule has 1 N–H and O–H groups in total. The molecule has 1 heterocycles. The SMILES string of the molecule is Cn1c(CNC(=O)CCCOc2cccc3ccccc23)nc2ccccc2c1=O. The average Bonchev–Trinajstić information content (AvgIpc) is 2.78. The average molecular weight is 401 g/mol. The first-order valence-corrected chi connectivity index (χ1v) is 9.95. The highest BCUT2D eigenvalue weighted by molar-refractivity contribution is 5.88. The summed E-state index contributed by atoms with van der Waals surface area (Å²) in [5.41, 5.74) is 0.515. The Morgan fingerprint density at radius 2 is 1.73 bits per heavy atom. The van der Waals surface area contributed by atoms with Crippen LogP contribution >= 0.6 is 0 Å². The van der Waals surface area contributed by atoms with E-state index in [0.29, 0.717) is 36.2 Å². The fraction of sp³-hybridized carbons (Fsp3) is 0.208. The van der Waals surface area contributed by atoms with Gasteiger partial charge in [-0.2, -0.15) is 0 Å². The molecule has 30 heavy (non-hydrogen) atoms. The lowest BCUT2D eigenvalue weighted by Crippen LogP contribution is -2.29. The minimum atomic E-state index is -0.117. The predicted octanol–water partition coefficient (Wildman–Crippen LogP) is 3.56. The molecule has 0 radical (unpaired) electrons. The van der Waals surface area contributed by atoms with Crippen molar-refractivity contribution in [2.24, 2.45) is 7.05 Å². The van der Waals surface area contributed by atoms with E-state index in [1.165, 1.54) is 4.57 Å². The Morgan fingerprint density at radius 1 is 1.00 bits per heavy atom. The van der Waals surface area contributed by atoms with Gasteiger partial charge in [0.15, 0.2) is 0 Å². The molecule has 0 aliphatic rings. The predicted molar refractivity (Wildman–Crippen MR) is 118 cm³/mol. The van der Waals surface area contributed by atoms with Crippen molar-refractivity contribution in [2.75, 3.05) is 6.61 Å². The fourth-order valence-electron chi connectivity index (χ4n) is 3.42. The van der Waals surface area contributed by atoms with Crippen molar-refractivity contribution in [1.29, 1.82) is 0 Å². The molecule has 6 heteroatoms. The van der Waals surface area contributed by atoms with Crippen LogP contribution in [0.1, 0.15) is 18.7 Å². The number of benzene rings is 3. The van der Waals surface area contributed by atoms with Crippen LogP contribution < -0.4 is 15.6 Å². The largest absolute Gasteiger partial charge is 0.493 e. The first-order chi connectivity index (χ1) is 14.6. The van der Waals surface area contributed by atoms with Crippen LogP contribution in [0.15, 0.2) is 71.5 Å². The van der Waals surface area contributed by atoms with E-state index in [9.17, 15) is 9.59 Å². The minimum absolute atomic E-state index is 0.0982. The number of fused-ring (bicyclic) bond motifs is 2. The van der Waals surface area contributed by atoms with Gasteiger partial charge in [-0.3, -0.25) is 14.2 Å². The molecule has 0 unspecified atom stereocenters. The van der Waals surface area contributed by atoms with Gasteiger partial charge in [-0.05, 0) is 30.0 Å². The van der Waals surface area contributed by atoms with Gasteiger partial charge in [0.2, 0.25) is 5.91 Å². The third-order valence-corrected chi connectivity index (χ3v) is 5.07. The van der Waals surface area contributed by atoms with Crippen LogP contribution in [0.2, 0.25) is 0 Å². The summed E-state index contributed by atoms with van der Waals surface area (Å²) < 4.78 is 7.36. The Labute approximate surface area is 174 Å². The molecule has 1 amide bonds. The van der Waals surface area contributed by atoms with Gasteiger partial charge >= 0.3 is 0 Å². The Hall–Kier alpha value is -3.67. The van der Waals surface area contributed by atoms with E-state index in [-0.39, 0.29) is 18.0 Å². The highest BCUT2D eigenvalue weighted by atomic mass is 16.5. The van der Waals surface area contributed by atoms with Gasteiger partial charge in [0, 0.05) is 18.9 Å². The molecule has 152 valence electrons. The van der Waals surface area contributed by atoms with Crippen molar-refractivity contribution in [1.82, 2.24) is 14.9 Å². The van der Waals surface area contributed by atoms with Gasteiger partial charge in [-0.25, -0.2) is 4.98 Å². The zero-order valence-electron chi connectivity index (χ0n) is 16.8. The second-order valence-electron chi connectivity index (χ2n) is 7.12. The summed E-state index contributed by atoms with van der Waals surface area (Å²) in [7, 11) is 1.67. The highest BCUT2D eigenvalue weighted by Crippen LogP contribution is 2.25. The van der Waals surface area contributed by atoms with Gasteiger partial charge < -0.3 is 10.1 Å². The summed E-state index contributed by atoms with van der Waals surface area (Å²) in [5, 5.41) is 5.60. The van der Waals surface area contributed by atoms with Crippen LogP contribution in [-0.2, 0) is 18.4 Å². The fourth-order valence-corrected chi connectivity index (χ4v) is 3.42. The maximum absolute atomic E-state index is 12.4. The van der Waals surface area contributed by atoms with Crippen LogP contribution in [0.4, 0.5) is 0 Å². The van der Waals surface area contributed by atoms with Crippen molar-refractivity contribution >= 4 is 27.6 Å². The standard InChI is InChI=1S/C24H23N3O3/c1-27-22(26-20-12-5-4-11-19(20)24(27)29)16-25-23(28)14-7-15-30-21-13-6-9-17-8-2-3-10-18(17)21/h2-6,8-13H,7,14-16H2,1H3,(H,25,28). The molecule has 0 saturated heterocycles. The first kappa shape index (κ1) is 19.6. The van der Waals surface area contributed by atoms with Crippen molar-refractivity contribution in [3.05, 3.63) is 82.9 Å². The molecule has 4 aromatic rings.